The van der Waals surface area contributed by atoms with E-state index in [4.69, 9.17) is 4.74 Å². The van der Waals surface area contributed by atoms with Crippen molar-refractivity contribution in [1.29, 1.82) is 0 Å². The maximum Gasteiger partial charge on any atom is 0.337 e. The second-order valence-electron chi connectivity index (χ2n) is 10.8. The lowest BCUT2D eigenvalue weighted by Gasteiger charge is -2.29. The number of carbonyl (C=O) groups excluding carboxylic acids is 2. The molecule has 3 atom stereocenters. The molecule has 1 unspecified atom stereocenters. The van der Waals surface area contributed by atoms with Crippen molar-refractivity contribution in [2.24, 2.45) is 5.92 Å². The first-order valence-corrected chi connectivity index (χ1v) is 15.0. The first-order chi connectivity index (χ1) is 20.4. The Morgan fingerprint density at radius 2 is 1.47 bits per heavy atom. The van der Waals surface area contributed by atoms with E-state index in [9.17, 15) is 44.4 Å². The summed E-state index contributed by atoms with van der Waals surface area (Å²) in [6.45, 7) is 2.15. The van der Waals surface area contributed by atoms with Gasteiger partial charge in [-0.1, -0.05) is 69.7 Å². The van der Waals surface area contributed by atoms with Gasteiger partial charge in [0.15, 0.2) is 5.60 Å². The summed E-state index contributed by atoms with van der Waals surface area (Å²) in [6.07, 6.45) is 11.3. The quantitative estimate of drug-likeness (QED) is 0.0827. The van der Waals surface area contributed by atoms with Crippen molar-refractivity contribution in [2.45, 2.75) is 108 Å². The SMILES string of the molecule is CCCCCCCC(=O)CCCCCCC=C[C@H](C(=O)NC(Cc1ccc(OC)cc1)C(=O)O)[C@@](O)(CC(=O)O)C(=O)O. The Labute approximate surface area is 253 Å². The number of amides is 1. The number of aliphatic hydroxyl groups is 1. The number of methoxy groups -OCH3 is 1. The second kappa shape index (κ2) is 20.2. The third kappa shape index (κ3) is 14.3. The molecule has 0 saturated heterocycles. The van der Waals surface area contributed by atoms with E-state index in [1.165, 1.54) is 19.6 Å². The molecule has 1 amide bonds. The number of allylic oxidation sites excluding steroid dienone is 1. The van der Waals surface area contributed by atoms with Crippen LogP contribution in [0.2, 0.25) is 0 Å². The number of aliphatic carboxylic acids is 3. The van der Waals surface area contributed by atoms with Crippen molar-refractivity contribution in [2.75, 3.05) is 7.11 Å². The molecule has 11 nitrogen and oxygen atoms in total. The van der Waals surface area contributed by atoms with E-state index in [-0.39, 0.29) is 12.2 Å². The van der Waals surface area contributed by atoms with Gasteiger partial charge in [0.05, 0.1) is 19.4 Å². The number of unbranched alkanes of at least 4 members (excludes halogenated alkanes) is 8. The zero-order chi connectivity index (χ0) is 32.3. The normalized spacial score (nSPS) is 14.0. The fourth-order valence-electron chi connectivity index (χ4n) is 4.69. The highest BCUT2D eigenvalue weighted by atomic mass is 16.5. The minimum Gasteiger partial charge on any atom is -0.497 e. The van der Waals surface area contributed by atoms with Gasteiger partial charge >= 0.3 is 17.9 Å². The predicted octanol–water partition coefficient (Wildman–Crippen LogP) is 4.54. The van der Waals surface area contributed by atoms with E-state index in [0.717, 1.165) is 51.0 Å². The topological polar surface area (TPSA) is 188 Å². The average Bonchev–Trinajstić information content (AvgIpc) is 2.95. The Hall–Kier alpha value is -3.73. The summed E-state index contributed by atoms with van der Waals surface area (Å²) >= 11 is 0. The number of Topliss-reactive ketones (excluding diaryl/α,β-unsaturated/α-hetero) is 1. The standard InChI is InChI=1S/C32H47NO10/c1-3-4-5-8-11-14-24(34)15-12-9-6-7-10-13-16-26(32(42,31(40)41)22-28(35)36)29(37)33-27(30(38)39)21-23-17-19-25(43-2)20-18-23/h13,16-20,26-27,42H,3-12,14-15,21-22H2,1-2H3,(H,33,37)(H,35,36)(H,38,39)(H,40,41)/t26-,27?,32+/m1/s1. The maximum absolute atomic E-state index is 13.2. The summed E-state index contributed by atoms with van der Waals surface area (Å²) in [5.41, 5.74) is -2.46. The maximum atomic E-state index is 13.2. The molecule has 0 aliphatic heterocycles. The number of carboxylic acids is 3. The summed E-state index contributed by atoms with van der Waals surface area (Å²) in [5, 5.41) is 41.7. The Bertz CT molecular complexity index is 1070. The fourth-order valence-corrected chi connectivity index (χ4v) is 4.69. The highest BCUT2D eigenvalue weighted by Crippen LogP contribution is 2.26. The third-order valence-electron chi connectivity index (χ3n) is 7.27. The van der Waals surface area contributed by atoms with Crippen LogP contribution in [0.4, 0.5) is 0 Å². The van der Waals surface area contributed by atoms with Crippen LogP contribution >= 0.6 is 0 Å². The lowest BCUT2D eigenvalue weighted by Crippen LogP contribution is -2.55. The molecule has 240 valence electrons. The molecule has 1 rings (SSSR count). The minimum atomic E-state index is -3.01. The van der Waals surface area contributed by atoms with Gasteiger partial charge in [0, 0.05) is 19.3 Å². The number of rotatable bonds is 24. The highest BCUT2D eigenvalue weighted by molar-refractivity contribution is 5.94. The van der Waals surface area contributed by atoms with Gasteiger partial charge in [-0.15, -0.1) is 0 Å². The molecule has 1 aromatic rings. The lowest BCUT2D eigenvalue weighted by molar-refractivity contribution is -0.172. The zero-order valence-corrected chi connectivity index (χ0v) is 25.3. The van der Waals surface area contributed by atoms with Gasteiger partial charge in [0.1, 0.15) is 17.6 Å². The van der Waals surface area contributed by atoms with Crippen molar-refractivity contribution in [3.8, 4) is 5.75 Å². The van der Waals surface area contributed by atoms with Crippen LogP contribution in [0, 0.1) is 5.92 Å². The van der Waals surface area contributed by atoms with Crippen LogP contribution in [0.5, 0.6) is 5.75 Å². The molecule has 11 heteroatoms. The van der Waals surface area contributed by atoms with Gasteiger partial charge < -0.3 is 30.5 Å². The van der Waals surface area contributed by atoms with Crippen LogP contribution in [0.3, 0.4) is 0 Å². The van der Waals surface area contributed by atoms with Gasteiger partial charge in [-0.2, -0.15) is 0 Å². The van der Waals surface area contributed by atoms with E-state index in [1.54, 1.807) is 24.3 Å². The molecule has 0 aromatic heterocycles. The molecule has 0 fully saturated rings. The molecule has 43 heavy (non-hydrogen) atoms. The molecule has 0 aliphatic carbocycles. The molecular weight excluding hydrogens is 558 g/mol. The number of hydrogen-bond donors (Lipinski definition) is 5. The number of carboxylic acid groups (broad SMARTS) is 3. The average molecular weight is 606 g/mol. The first kappa shape index (κ1) is 37.3. The van der Waals surface area contributed by atoms with Crippen molar-refractivity contribution < 1.29 is 49.1 Å². The number of carbonyl (C=O) groups is 5. The Morgan fingerprint density at radius 3 is 1.98 bits per heavy atom. The monoisotopic (exact) mass is 605 g/mol. The molecule has 1 aromatic carbocycles. The number of hydrogen-bond acceptors (Lipinski definition) is 7. The zero-order valence-electron chi connectivity index (χ0n) is 25.3. The van der Waals surface area contributed by atoms with Crippen LogP contribution in [0.15, 0.2) is 36.4 Å². The molecule has 0 bridgehead atoms. The Morgan fingerprint density at radius 1 is 0.884 bits per heavy atom. The van der Waals surface area contributed by atoms with Gasteiger partial charge in [-0.25, -0.2) is 9.59 Å². The fraction of sp³-hybridized carbons (Fsp3) is 0.594. The van der Waals surface area contributed by atoms with E-state index in [1.807, 2.05) is 0 Å². The summed E-state index contributed by atoms with van der Waals surface area (Å²) in [5.74, 6) is -7.13. The van der Waals surface area contributed by atoms with Gasteiger partial charge in [-0.3, -0.25) is 14.4 Å². The molecule has 5 N–H and O–H groups in total. The number of ether oxygens (including phenoxy) is 1. The van der Waals surface area contributed by atoms with Crippen LogP contribution in [-0.2, 0) is 30.4 Å². The molecule has 0 aliphatic rings. The lowest BCUT2D eigenvalue weighted by atomic mass is 9.82. The van der Waals surface area contributed by atoms with Crippen LogP contribution in [0.25, 0.3) is 0 Å². The molecule has 0 radical (unpaired) electrons. The number of ketones is 1. The molecular formula is C32H47NO10. The van der Waals surface area contributed by atoms with Crippen LogP contribution < -0.4 is 10.1 Å². The molecule has 0 spiro atoms. The highest BCUT2D eigenvalue weighted by Gasteiger charge is 2.49. The summed E-state index contributed by atoms with van der Waals surface area (Å²) in [4.78, 5) is 60.5. The van der Waals surface area contributed by atoms with Crippen molar-refractivity contribution in [3.05, 3.63) is 42.0 Å². The van der Waals surface area contributed by atoms with Crippen molar-refractivity contribution in [3.63, 3.8) is 0 Å². The Balaban J connectivity index is 2.79. The first-order valence-electron chi connectivity index (χ1n) is 15.0. The minimum absolute atomic E-state index is 0.146. The van der Waals surface area contributed by atoms with E-state index < -0.39 is 47.8 Å². The molecule has 0 saturated carbocycles. The van der Waals surface area contributed by atoms with Gasteiger partial charge in [0.25, 0.3) is 0 Å². The third-order valence-corrected chi connectivity index (χ3v) is 7.27. The van der Waals surface area contributed by atoms with Crippen LogP contribution in [0.1, 0.15) is 96.0 Å². The van der Waals surface area contributed by atoms with Crippen molar-refractivity contribution in [1.82, 2.24) is 5.32 Å². The van der Waals surface area contributed by atoms with Crippen molar-refractivity contribution >= 4 is 29.6 Å². The predicted molar refractivity (Wildman–Crippen MR) is 160 cm³/mol. The number of nitrogens with one attached hydrogen (secondary N) is 1. The second-order valence-corrected chi connectivity index (χ2v) is 10.8. The van der Waals surface area contributed by atoms with Gasteiger partial charge in [0.2, 0.25) is 5.91 Å². The summed E-state index contributed by atoms with van der Waals surface area (Å²) in [6, 6.07) is 4.98. The smallest absolute Gasteiger partial charge is 0.337 e. The van der Waals surface area contributed by atoms with E-state index in [0.29, 0.717) is 37.0 Å². The van der Waals surface area contributed by atoms with E-state index >= 15 is 0 Å². The van der Waals surface area contributed by atoms with Crippen LogP contribution in [-0.4, -0.2) is 68.8 Å². The summed E-state index contributed by atoms with van der Waals surface area (Å²) in [7, 11) is 1.48. The Kier molecular flexibility index (Phi) is 17.5. The number of benzene rings is 1. The summed E-state index contributed by atoms with van der Waals surface area (Å²) < 4.78 is 5.08. The largest absolute Gasteiger partial charge is 0.497 e. The van der Waals surface area contributed by atoms with Gasteiger partial charge in [-0.05, 0) is 43.4 Å². The molecule has 0 heterocycles. The van der Waals surface area contributed by atoms with E-state index in [2.05, 4.69) is 12.2 Å².